The third-order valence-corrected chi connectivity index (χ3v) is 5.81. The molecular formula is C17H32N2O. The first-order valence-electron chi connectivity index (χ1n) is 8.69. The smallest absolute Gasteiger partial charge is 0.226 e. The van der Waals surface area contributed by atoms with Crippen LogP contribution in [-0.2, 0) is 4.79 Å². The van der Waals surface area contributed by atoms with Crippen LogP contribution >= 0.6 is 0 Å². The Kier molecular flexibility index (Phi) is 5.88. The number of nitrogens with one attached hydrogen (secondary N) is 2. The molecule has 0 bridgehead atoms. The fourth-order valence-electron chi connectivity index (χ4n) is 3.91. The molecule has 1 amide bonds. The van der Waals surface area contributed by atoms with Gasteiger partial charge in [-0.3, -0.25) is 4.79 Å². The van der Waals surface area contributed by atoms with Gasteiger partial charge in [-0.15, -0.1) is 0 Å². The lowest BCUT2D eigenvalue weighted by Crippen LogP contribution is -2.48. The van der Waals surface area contributed by atoms with Gasteiger partial charge in [0.05, 0.1) is 5.41 Å². The molecule has 1 saturated heterocycles. The van der Waals surface area contributed by atoms with Crippen molar-refractivity contribution in [2.75, 3.05) is 19.6 Å². The highest BCUT2D eigenvalue weighted by molar-refractivity contribution is 5.82. The van der Waals surface area contributed by atoms with Crippen LogP contribution in [0.2, 0.25) is 0 Å². The highest BCUT2D eigenvalue weighted by atomic mass is 16.2. The number of carbonyl (C=O) groups is 1. The quantitative estimate of drug-likeness (QED) is 0.812. The van der Waals surface area contributed by atoms with E-state index < -0.39 is 0 Å². The molecule has 1 aliphatic heterocycles. The van der Waals surface area contributed by atoms with Gasteiger partial charge in [0.2, 0.25) is 5.91 Å². The Morgan fingerprint density at radius 2 is 1.70 bits per heavy atom. The first kappa shape index (κ1) is 15.8. The van der Waals surface area contributed by atoms with Crippen molar-refractivity contribution in [2.45, 2.75) is 65.2 Å². The van der Waals surface area contributed by atoms with Gasteiger partial charge >= 0.3 is 0 Å². The fraction of sp³-hybridized carbons (Fsp3) is 0.941. The van der Waals surface area contributed by atoms with Gasteiger partial charge in [-0.25, -0.2) is 0 Å². The number of hydrogen-bond donors (Lipinski definition) is 2. The van der Waals surface area contributed by atoms with E-state index >= 15 is 0 Å². The molecule has 3 heteroatoms. The second-order valence-corrected chi connectivity index (χ2v) is 6.89. The second-order valence-electron chi connectivity index (χ2n) is 6.89. The molecule has 1 saturated carbocycles. The Labute approximate surface area is 124 Å². The lowest BCUT2D eigenvalue weighted by Gasteiger charge is -2.36. The normalized spacial score (nSPS) is 29.9. The Bertz CT molecular complexity index is 302. The highest BCUT2D eigenvalue weighted by Gasteiger charge is 2.37. The van der Waals surface area contributed by atoms with Crippen LogP contribution in [0.1, 0.15) is 65.2 Å². The van der Waals surface area contributed by atoms with Crippen LogP contribution < -0.4 is 10.6 Å². The summed E-state index contributed by atoms with van der Waals surface area (Å²) < 4.78 is 0. The molecule has 116 valence electrons. The predicted molar refractivity (Wildman–Crippen MR) is 83.6 cm³/mol. The minimum absolute atomic E-state index is 0.0914. The molecule has 0 aromatic heterocycles. The average Bonchev–Trinajstić information content (AvgIpc) is 2.53. The van der Waals surface area contributed by atoms with Gasteiger partial charge in [0, 0.05) is 6.54 Å². The molecule has 0 atom stereocenters. The minimum Gasteiger partial charge on any atom is -0.355 e. The number of piperidine rings is 1. The summed E-state index contributed by atoms with van der Waals surface area (Å²) >= 11 is 0. The number of rotatable bonds is 5. The van der Waals surface area contributed by atoms with E-state index in [-0.39, 0.29) is 5.41 Å². The molecule has 1 heterocycles. The lowest BCUT2D eigenvalue weighted by atomic mass is 9.75. The first-order valence-corrected chi connectivity index (χ1v) is 8.69. The standard InChI is InChI=1S/C17H32N2O/c1-3-14-5-7-15(8-6-14)13-19-16(20)17(4-2)9-11-18-12-10-17/h14-15,18H,3-13H2,1-2H3,(H,19,20). The largest absolute Gasteiger partial charge is 0.355 e. The van der Waals surface area contributed by atoms with Gasteiger partial charge in [0.1, 0.15) is 0 Å². The monoisotopic (exact) mass is 280 g/mol. The van der Waals surface area contributed by atoms with Gasteiger partial charge in [-0.05, 0) is 57.0 Å². The molecule has 2 rings (SSSR count). The SMILES string of the molecule is CCC1CCC(CNC(=O)C2(CC)CCNCC2)CC1. The highest BCUT2D eigenvalue weighted by Crippen LogP contribution is 2.33. The zero-order valence-corrected chi connectivity index (χ0v) is 13.3. The maximum atomic E-state index is 12.6. The molecule has 2 aliphatic rings. The minimum atomic E-state index is -0.0914. The third-order valence-electron chi connectivity index (χ3n) is 5.81. The van der Waals surface area contributed by atoms with Crippen molar-refractivity contribution in [3.05, 3.63) is 0 Å². The number of carbonyl (C=O) groups excluding carboxylic acids is 1. The average molecular weight is 280 g/mol. The lowest BCUT2D eigenvalue weighted by molar-refractivity contribution is -0.133. The summed E-state index contributed by atoms with van der Waals surface area (Å²) in [7, 11) is 0. The van der Waals surface area contributed by atoms with Crippen LogP contribution in [0.25, 0.3) is 0 Å². The van der Waals surface area contributed by atoms with Crippen molar-refractivity contribution >= 4 is 5.91 Å². The number of amides is 1. The van der Waals surface area contributed by atoms with Crippen LogP contribution in [0.15, 0.2) is 0 Å². The Morgan fingerprint density at radius 3 is 2.25 bits per heavy atom. The van der Waals surface area contributed by atoms with Gasteiger partial charge in [0.25, 0.3) is 0 Å². The topological polar surface area (TPSA) is 41.1 Å². The molecule has 0 aromatic rings. The van der Waals surface area contributed by atoms with Crippen LogP contribution in [0, 0.1) is 17.3 Å². The zero-order valence-electron chi connectivity index (χ0n) is 13.3. The van der Waals surface area contributed by atoms with Crippen molar-refractivity contribution < 1.29 is 4.79 Å². The van der Waals surface area contributed by atoms with E-state index in [2.05, 4.69) is 24.5 Å². The molecule has 0 radical (unpaired) electrons. The van der Waals surface area contributed by atoms with Crippen LogP contribution in [0.3, 0.4) is 0 Å². The summed E-state index contributed by atoms with van der Waals surface area (Å²) in [5.41, 5.74) is -0.0914. The molecule has 20 heavy (non-hydrogen) atoms. The predicted octanol–water partition coefficient (Wildman–Crippen LogP) is 3.10. The van der Waals surface area contributed by atoms with Crippen molar-refractivity contribution in [3.8, 4) is 0 Å². The second kappa shape index (κ2) is 7.44. The van der Waals surface area contributed by atoms with Crippen molar-refractivity contribution in [1.29, 1.82) is 0 Å². The van der Waals surface area contributed by atoms with Gasteiger partial charge in [-0.1, -0.05) is 33.1 Å². The summed E-state index contributed by atoms with van der Waals surface area (Å²) in [5.74, 6) is 1.98. The van der Waals surface area contributed by atoms with E-state index in [0.717, 1.165) is 50.7 Å². The molecule has 1 aliphatic carbocycles. The van der Waals surface area contributed by atoms with Crippen molar-refractivity contribution in [3.63, 3.8) is 0 Å². The van der Waals surface area contributed by atoms with Crippen molar-refractivity contribution in [2.24, 2.45) is 17.3 Å². The Morgan fingerprint density at radius 1 is 1.10 bits per heavy atom. The van der Waals surface area contributed by atoms with E-state index in [1.165, 1.54) is 32.1 Å². The maximum absolute atomic E-state index is 12.6. The van der Waals surface area contributed by atoms with Gasteiger partial charge in [-0.2, -0.15) is 0 Å². The maximum Gasteiger partial charge on any atom is 0.226 e. The van der Waals surface area contributed by atoms with E-state index in [1.807, 2.05) is 0 Å². The molecule has 0 aromatic carbocycles. The molecular weight excluding hydrogens is 248 g/mol. The van der Waals surface area contributed by atoms with Crippen LogP contribution in [-0.4, -0.2) is 25.5 Å². The summed E-state index contributed by atoms with van der Waals surface area (Å²) in [6.07, 6.45) is 9.63. The molecule has 0 spiro atoms. The van der Waals surface area contributed by atoms with E-state index in [9.17, 15) is 4.79 Å². The Hall–Kier alpha value is -0.570. The summed E-state index contributed by atoms with van der Waals surface area (Å²) in [6.45, 7) is 7.35. The molecule has 2 fully saturated rings. The zero-order chi connectivity index (χ0) is 14.4. The molecule has 0 unspecified atom stereocenters. The Balaban J connectivity index is 1.77. The van der Waals surface area contributed by atoms with Crippen LogP contribution in [0.5, 0.6) is 0 Å². The summed E-state index contributed by atoms with van der Waals surface area (Å²) in [6, 6.07) is 0. The van der Waals surface area contributed by atoms with Crippen LogP contribution in [0.4, 0.5) is 0 Å². The summed E-state index contributed by atoms with van der Waals surface area (Å²) in [4.78, 5) is 12.6. The fourth-order valence-corrected chi connectivity index (χ4v) is 3.91. The molecule has 3 nitrogen and oxygen atoms in total. The van der Waals surface area contributed by atoms with Gasteiger partial charge in [0.15, 0.2) is 0 Å². The first-order chi connectivity index (χ1) is 9.70. The molecule has 2 N–H and O–H groups in total. The summed E-state index contributed by atoms with van der Waals surface area (Å²) in [5, 5.41) is 6.65. The van der Waals surface area contributed by atoms with Gasteiger partial charge < -0.3 is 10.6 Å². The van der Waals surface area contributed by atoms with E-state index in [1.54, 1.807) is 0 Å². The van der Waals surface area contributed by atoms with E-state index in [0.29, 0.717) is 5.91 Å². The third kappa shape index (κ3) is 3.75. The van der Waals surface area contributed by atoms with Crippen molar-refractivity contribution in [1.82, 2.24) is 10.6 Å². The van der Waals surface area contributed by atoms with E-state index in [4.69, 9.17) is 0 Å². The number of hydrogen-bond acceptors (Lipinski definition) is 2.